The predicted octanol–water partition coefficient (Wildman–Crippen LogP) is 4.80. The van der Waals surface area contributed by atoms with Crippen LogP contribution in [0.4, 0.5) is 11.5 Å². The van der Waals surface area contributed by atoms with E-state index < -0.39 is 20.6 Å². The number of halogens is 2. The van der Waals surface area contributed by atoms with Crippen molar-refractivity contribution in [1.29, 1.82) is 0 Å². The lowest BCUT2D eigenvalue weighted by molar-refractivity contribution is -0.384. The second-order valence-electron chi connectivity index (χ2n) is 8.58. The lowest BCUT2D eigenvalue weighted by Crippen LogP contribution is -2.35. The Morgan fingerprint density at radius 1 is 1.00 bits per heavy atom. The average Bonchev–Trinajstić information content (AvgIpc) is 3.09. The summed E-state index contributed by atoms with van der Waals surface area (Å²) in [6.45, 7) is 5.30. The lowest BCUT2D eigenvalue weighted by atomic mass is 10.0. The molecule has 36 heavy (non-hydrogen) atoms. The van der Waals surface area contributed by atoms with Gasteiger partial charge in [0.05, 0.1) is 9.82 Å². The van der Waals surface area contributed by atoms with E-state index in [2.05, 4.69) is 9.88 Å². The molecule has 4 rings (SSSR count). The number of rotatable bonds is 6. The van der Waals surface area contributed by atoms with Crippen LogP contribution < -0.4 is 4.90 Å². The molecule has 2 heterocycles. The van der Waals surface area contributed by atoms with Crippen LogP contribution >= 0.6 is 23.2 Å². The van der Waals surface area contributed by atoms with Crippen LogP contribution in [0.15, 0.2) is 47.4 Å². The van der Waals surface area contributed by atoms with Gasteiger partial charge in [0.1, 0.15) is 16.7 Å². The Hall–Kier alpha value is -2.79. The third-order valence-electron chi connectivity index (χ3n) is 6.10. The molecule has 0 N–H and O–H groups in total. The lowest BCUT2D eigenvalue weighted by Gasteiger charge is -2.26. The Kier molecular flexibility index (Phi) is 7.79. The van der Waals surface area contributed by atoms with E-state index in [0.29, 0.717) is 36.8 Å². The van der Waals surface area contributed by atoms with Gasteiger partial charge in [0, 0.05) is 54.9 Å². The normalized spacial score (nSPS) is 15.1. The number of sulfonamides is 1. The zero-order valence-corrected chi connectivity index (χ0v) is 22.1. The highest BCUT2D eigenvalue weighted by atomic mass is 35.5. The molecule has 1 saturated heterocycles. The number of anilines is 1. The van der Waals surface area contributed by atoms with E-state index in [1.165, 1.54) is 16.4 Å². The zero-order chi connectivity index (χ0) is 26.0. The van der Waals surface area contributed by atoms with Crippen molar-refractivity contribution in [3.63, 3.8) is 0 Å². The summed E-state index contributed by atoms with van der Waals surface area (Å²) in [6, 6.07) is 11.2. The minimum absolute atomic E-state index is 0.108. The molecule has 0 bridgehead atoms. The third-order valence-corrected chi connectivity index (χ3v) is 8.57. The molecule has 1 fully saturated rings. The molecule has 0 spiro atoms. The van der Waals surface area contributed by atoms with E-state index in [4.69, 9.17) is 28.2 Å². The molecule has 190 valence electrons. The van der Waals surface area contributed by atoms with Crippen LogP contribution in [0.25, 0.3) is 0 Å². The first-order valence-corrected chi connectivity index (χ1v) is 13.5. The summed E-state index contributed by atoms with van der Waals surface area (Å²) in [4.78, 5) is 21.8. The predicted molar refractivity (Wildman–Crippen MR) is 139 cm³/mol. The third kappa shape index (κ3) is 5.62. The first-order chi connectivity index (χ1) is 17.1. The zero-order valence-electron chi connectivity index (χ0n) is 19.8. The van der Waals surface area contributed by atoms with Crippen molar-refractivity contribution in [3.05, 3.63) is 85.3 Å². The Balaban J connectivity index is 1.60. The van der Waals surface area contributed by atoms with Gasteiger partial charge in [-0.15, -0.1) is 0 Å². The number of hydrogen-bond donors (Lipinski definition) is 0. The van der Waals surface area contributed by atoms with Gasteiger partial charge in [0.2, 0.25) is 10.0 Å². The van der Waals surface area contributed by atoms with E-state index in [9.17, 15) is 18.5 Å². The molecule has 1 aromatic heterocycles. The summed E-state index contributed by atoms with van der Waals surface area (Å²) in [5, 5.41) is 11.8. The van der Waals surface area contributed by atoms with Gasteiger partial charge < -0.3 is 4.90 Å². The molecule has 1 aliphatic heterocycles. The van der Waals surface area contributed by atoms with Crippen molar-refractivity contribution in [2.24, 2.45) is 0 Å². The fraction of sp³-hybridized carbons (Fsp3) is 0.333. The maximum absolute atomic E-state index is 13.3. The first kappa shape index (κ1) is 26.3. The summed E-state index contributed by atoms with van der Waals surface area (Å²) in [6.07, 6.45) is 1.18. The molecule has 1 aliphatic rings. The highest BCUT2D eigenvalue weighted by Crippen LogP contribution is 2.30. The number of aryl methyl sites for hydroxylation is 2. The topological polar surface area (TPSA) is 110 Å². The van der Waals surface area contributed by atoms with E-state index in [-0.39, 0.29) is 23.0 Å². The Morgan fingerprint density at radius 2 is 1.72 bits per heavy atom. The van der Waals surface area contributed by atoms with Crippen LogP contribution in [0.5, 0.6) is 0 Å². The van der Waals surface area contributed by atoms with Crippen molar-refractivity contribution in [1.82, 2.24) is 14.3 Å². The van der Waals surface area contributed by atoms with Crippen LogP contribution in [-0.2, 0) is 16.4 Å². The number of nitro benzene ring substituents is 1. The van der Waals surface area contributed by atoms with Gasteiger partial charge in [-0.25, -0.2) is 18.4 Å². The molecular formula is C24H25Cl2N5O4S. The number of aromatic nitrogens is 2. The number of nitro groups is 1. The second kappa shape index (κ2) is 10.7. The molecule has 0 unspecified atom stereocenters. The molecule has 0 amide bonds. The summed E-state index contributed by atoms with van der Waals surface area (Å²) >= 11 is 11.9. The minimum Gasteiger partial charge on any atom is -0.355 e. The highest BCUT2D eigenvalue weighted by Gasteiger charge is 2.30. The second-order valence-corrected chi connectivity index (χ2v) is 11.4. The SMILES string of the molecule is Cc1nc(C)c(Cc2ccc(Cl)cc2)c(N2CCCN(S(=O)(=O)c3ccc(Cl)c([N+](=O)[O-])c3)CC2)n1. The Morgan fingerprint density at radius 3 is 2.42 bits per heavy atom. The Labute approximate surface area is 219 Å². The van der Waals surface area contributed by atoms with Gasteiger partial charge >= 0.3 is 0 Å². The number of hydrogen-bond acceptors (Lipinski definition) is 7. The molecule has 0 atom stereocenters. The summed E-state index contributed by atoms with van der Waals surface area (Å²) < 4.78 is 28.0. The molecular weight excluding hydrogens is 525 g/mol. The molecule has 0 radical (unpaired) electrons. The van der Waals surface area contributed by atoms with Crippen LogP contribution in [0, 0.1) is 24.0 Å². The van der Waals surface area contributed by atoms with E-state index in [1.54, 1.807) is 0 Å². The first-order valence-electron chi connectivity index (χ1n) is 11.3. The van der Waals surface area contributed by atoms with Gasteiger partial charge in [0.25, 0.3) is 5.69 Å². The molecule has 12 heteroatoms. The summed E-state index contributed by atoms with van der Waals surface area (Å²) in [7, 11) is -3.94. The molecule has 0 aliphatic carbocycles. The van der Waals surface area contributed by atoms with Gasteiger partial charge in [-0.1, -0.05) is 35.3 Å². The van der Waals surface area contributed by atoms with Gasteiger partial charge in [-0.2, -0.15) is 4.31 Å². The van der Waals surface area contributed by atoms with Crippen LogP contribution in [-0.4, -0.2) is 53.8 Å². The molecule has 9 nitrogen and oxygen atoms in total. The standard InChI is InChI=1S/C24H25Cl2N5O4S/c1-16-21(14-18-4-6-19(25)7-5-18)24(28-17(2)27-16)29-10-3-11-30(13-12-29)36(34,35)20-8-9-22(26)23(15-20)31(32)33/h4-9,15H,3,10-14H2,1-2H3. The number of nitrogens with zero attached hydrogens (tertiary/aromatic N) is 5. The van der Waals surface area contributed by atoms with E-state index in [0.717, 1.165) is 28.7 Å². The van der Waals surface area contributed by atoms with E-state index >= 15 is 0 Å². The highest BCUT2D eigenvalue weighted by molar-refractivity contribution is 7.89. The van der Waals surface area contributed by atoms with Crippen LogP contribution in [0.1, 0.15) is 29.1 Å². The monoisotopic (exact) mass is 549 g/mol. The van der Waals surface area contributed by atoms with Crippen molar-refractivity contribution in [2.75, 3.05) is 31.1 Å². The maximum Gasteiger partial charge on any atom is 0.289 e. The average molecular weight is 550 g/mol. The fourth-order valence-corrected chi connectivity index (χ4v) is 6.08. The largest absolute Gasteiger partial charge is 0.355 e. The quantitative estimate of drug-likeness (QED) is 0.320. The van der Waals surface area contributed by atoms with Crippen molar-refractivity contribution in [3.8, 4) is 0 Å². The van der Waals surface area contributed by atoms with Crippen molar-refractivity contribution < 1.29 is 13.3 Å². The summed E-state index contributed by atoms with van der Waals surface area (Å²) in [5.74, 6) is 1.43. The maximum atomic E-state index is 13.3. The smallest absolute Gasteiger partial charge is 0.289 e. The number of benzene rings is 2. The van der Waals surface area contributed by atoms with E-state index in [1.807, 2.05) is 38.1 Å². The molecule has 2 aromatic carbocycles. The Bertz CT molecular complexity index is 1400. The minimum atomic E-state index is -3.94. The van der Waals surface area contributed by atoms with Gasteiger partial charge in [-0.3, -0.25) is 10.1 Å². The fourth-order valence-electron chi connectivity index (χ4n) is 4.28. The molecule has 3 aromatic rings. The van der Waals surface area contributed by atoms with Crippen molar-refractivity contribution in [2.45, 2.75) is 31.6 Å². The van der Waals surface area contributed by atoms with Crippen molar-refractivity contribution >= 4 is 44.7 Å². The van der Waals surface area contributed by atoms with Gasteiger partial charge in [0.15, 0.2) is 0 Å². The van der Waals surface area contributed by atoms with Crippen LogP contribution in [0.3, 0.4) is 0 Å². The van der Waals surface area contributed by atoms with Gasteiger partial charge in [-0.05, 0) is 50.1 Å². The summed E-state index contributed by atoms with van der Waals surface area (Å²) in [5.41, 5.74) is 2.48. The van der Waals surface area contributed by atoms with Crippen LogP contribution in [0.2, 0.25) is 10.0 Å². The molecule has 0 saturated carbocycles.